The highest BCUT2D eigenvalue weighted by atomic mass is 127. The van der Waals surface area contributed by atoms with Crippen molar-refractivity contribution in [3.8, 4) is 6.07 Å². The van der Waals surface area contributed by atoms with Crippen LogP contribution in [0, 0.1) is 25.2 Å². The lowest BCUT2D eigenvalue weighted by molar-refractivity contribution is -0.139. The second-order valence-electron chi connectivity index (χ2n) is 7.49. The van der Waals surface area contributed by atoms with Crippen LogP contribution in [0.1, 0.15) is 35.2 Å². The molecule has 3 heterocycles. The van der Waals surface area contributed by atoms with Crippen LogP contribution in [-0.4, -0.2) is 27.0 Å². The van der Waals surface area contributed by atoms with Crippen molar-refractivity contribution in [3.05, 3.63) is 75.5 Å². The van der Waals surface area contributed by atoms with Crippen molar-refractivity contribution in [2.45, 2.75) is 31.7 Å². The summed E-state index contributed by atoms with van der Waals surface area (Å²) in [4.78, 5) is 22.4. The standard InChI is InChI=1S/C24H21IN4O3S/c1-4-31-24(30)19-17(11-33-23-15(10-26)12(2)9-13(3)28-23)32-22(27)20-18(19)14-7-5-6-8-16(14)29-21(20)25/h5-9,18H,4,11,27H2,1-3H3. The quantitative estimate of drug-likeness (QED) is 0.307. The second-order valence-corrected chi connectivity index (χ2v) is 9.48. The van der Waals surface area contributed by atoms with Crippen molar-refractivity contribution < 1.29 is 14.3 Å². The summed E-state index contributed by atoms with van der Waals surface area (Å²) in [5.41, 5.74) is 11.2. The molecule has 0 amide bonds. The maximum absolute atomic E-state index is 13.2. The molecule has 1 atom stereocenters. The lowest BCUT2D eigenvalue weighted by atomic mass is 9.81. The number of aromatic nitrogens is 1. The molecule has 2 aliphatic heterocycles. The SMILES string of the molecule is CCOC(=O)C1=C(CSc2nc(C)cc(C)c2C#N)OC(N)=C2C(I)=Nc3ccccc3C21. The number of rotatable bonds is 5. The van der Waals surface area contributed by atoms with Gasteiger partial charge in [-0.05, 0) is 66.6 Å². The summed E-state index contributed by atoms with van der Waals surface area (Å²) in [5.74, 6) is -0.0378. The van der Waals surface area contributed by atoms with Gasteiger partial charge in [-0.2, -0.15) is 5.26 Å². The topological polar surface area (TPSA) is 111 Å². The molecular formula is C24H21IN4O3S. The number of carbonyl (C=O) groups is 1. The van der Waals surface area contributed by atoms with Gasteiger partial charge in [0.15, 0.2) is 5.88 Å². The van der Waals surface area contributed by atoms with E-state index in [-0.39, 0.29) is 18.2 Å². The van der Waals surface area contributed by atoms with E-state index in [0.29, 0.717) is 31.2 Å². The number of hydrogen-bond donors (Lipinski definition) is 1. The molecule has 0 radical (unpaired) electrons. The van der Waals surface area contributed by atoms with E-state index in [1.165, 1.54) is 11.8 Å². The van der Waals surface area contributed by atoms with Crippen molar-refractivity contribution in [1.82, 2.24) is 4.98 Å². The Hall–Kier alpha value is -2.84. The molecule has 0 fully saturated rings. The van der Waals surface area contributed by atoms with E-state index in [9.17, 15) is 10.1 Å². The zero-order valence-electron chi connectivity index (χ0n) is 18.3. The smallest absolute Gasteiger partial charge is 0.338 e. The summed E-state index contributed by atoms with van der Waals surface area (Å²) in [7, 11) is 0. The number of thioether (sulfide) groups is 1. The number of pyridine rings is 1. The number of nitrogens with two attached hydrogens (primary N) is 1. The average molecular weight is 572 g/mol. The third kappa shape index (κ3) is 4.37. The lowest BCUT2D eigenvalue weighted by Gasteiger charge is -2.33. The van der Waals surface area contributed by atoms with Crippen LogP contribution in [0.15, 0.2) is 63.1 Å². The summed E-state index contributed by atoms with van der Waals surface area (Å²) < 4.78 is 12.1. The second kappa shape index (κ2) is 9.57. The largest absolute Gasteiger partial charge is 0.463 e. The maximum Gasteiger partial charge on any atom is 0.338 e. The highest BCUT2D eigenvalue weighted by Crippen LogP contribution is 2.48. The van der Waals surface area contributed by atoms with Crippen molar-refractivity contribution >= 4 is 49.7 Å². The Morgan fingerprint density at radius 3 is 2.85 bits per heavy atom. The molecule has 1 aromatic carbocycles. The minimum Gasteiger partial charge on any atom is -0.463 e. The predicted octanol–water partition coefficient (Wildman–Crippen LogP) is 4.94. The number of halogens is 1. The number of nitriles is 1. The van der Waals surface area contributed by atoms with Gasteiger partial charge in [-0.3, -0.25) is 0 Å². The Labute approximate surface area is 209 Å². The fraction of sp³-hybridized carbons (Fsp3) is 0.250. The lowest BCUT2D eigenvalue weighted by Crippen LogP contribution is -2.30. The van der Waals surface area contributed by atoms with Crippen molar-refractivity contribution in [2.24, 2.45) is 10.7 Å². The fourth-order valence-corrected chi connectivity index (χ4v) is 5.82. The molecule has 0 saturated heterocycles. The van der Waals surface area contributed by atoms with Gasteiger partial charge in [0.05, 0.1) is 40.7 Å². The number of ether oxygens (including phenoxy) is 2. The summed E-state index contributed by atoms with van der Waals surface area (Å²) in [6, 6.07) is 11.8. The molecule has 2 aliphatic rings. The van der Waals surface area contributed by atoms with Gasteiger partial charge in [-0.1, -0.05) is 30.0 Å². The molecule has 2 aromatic rings. The first-order valence-electron chi connectivity index (χ1n) is 10.3. The number of para-hydroxylation sites is 1. The van der Waals surface area contributed by atoms with Crippen molar-refractivity contribution in [1.29, 1.82) is 5.26 Å². The van der Waals surface area contributed by atoms with Crippen LogP contribution in [-0.2, 0) is 14.3 Å². The minimum atomic E-state index is -0.460. The van der Waals surface area contributed by atoms with Gasteiger partial charge in [-0.15, -0.1) is 0 Å². The average Bonchev–Trinajstić information content (AvgIpc) is 2.77. The Morgan fingerprint density at radius 2 is 2.12 bits per heavy atom. The number of esters is 1. The van der Waals surface area contributed by atoms with E-state index < -0.39 is 11.9 Å². The number of benzene rings is 1. The molecule has 4 rings (SSSR count). The van der Waals surface area contributed by atoms with Gasteiger partial charge < -0.3 is 15.2 Å². The highest BCUT2D eigenvalue weighted by molar-refractivity contribution is 14.1. The van der Waals surface area contributed by atoms with E-state index in [1.807, 2.05) is 44.2 Å². The Morgan fingerprint density at radius 1 is 1.36 bits per heavy atom. The molecule has 1 unspecified atom stereocenters. The zero-order chi connectivity index (χ0) is 23.7. The third-order valence-corrected chi connectivity index (χ3v) is 7.12. The van der Waals surface area contributed by atoms with Crippen LogP contribution in [0.2, 0.25) is 0 Å². The number of carbonyl (C=O) groups excluding carboxylic acids is 1. The fourth-order valence-electron chi connectivity index (χ4n) is 3.95. The number of nitrogens with zero attached hydrogens (tertiary/aromatic N) is 3. The molecule has 1 aromatic heterocycles. The summed E-state index contributed by atoms with van der Waals surface area (Å²) in [6.45, 7) is 5.76. The number of fused-ring (bicyclic) bond motifs is 3. The molecule has 9 heteroatoms. The molecule has 0 saturated carbocycles. The maximum atomic E-state index is 13.2. The molecule has 168 valence electrons. The Balaban J connectivity index is 1.81. The first-order chi connectivity index (χ1) is 15.8. The van der Waals surface area contributed by atoms with Crippen LogP contribution >= 0.6 is 34.4 Å². The highest BCUT2D eigenvalue weighted by Gasteiger charge is 2.41. The van der Waals surface area contributed by atoms with Crippen LogP contribution in [0.4, 0.5) is 5.69 Å². The summed E-state index contributed by atoms with van der Waals surface area (Å²) in [6.07, 6.45) is 0. The van der Waals surface area contributed by atoms with Crippen LogP contribution in [0.25, 0.3) is 0 Å². The van der Waals surface area contributed by atoms with Gasteiger partial charge >= 0.3 is 5.97 Å². The molecule has 0 bridgehead atoms. The minimum absolute atomic E-state index is 0.209. The van der Waals surface area contributed by atoms with E-state index in [0.717, 1.165) is 22.5 Å². The van der Waals surface area contributed by atoms with E-state index >= 15 is 0 Å². The summed E-state index contributed by atoms with van der Waals surface area (Å²) in [5, 5.41) is 10.2. The number of aliphatic imine (C=N–C) groups is 1. The first-order valence-corrected chi connectivity index (χ1v) is 12.3. The predicted molar refractivity (Wildman–Crippen MR) is 135 cm³/mol. The number of allylic oxidation sites excluding steroid dienone is 1. The molecule has 7 nitrogen and oxygen atoms in total. The number of hydrogen-bond acceptors (Lipinski definition) is 8. The molecule has 33 heavy (non-hydrogen) atoms. The van der Waals surface area contributed by atoms with E-state index in [2.05, 4.69) is 38.6 Å². The van der Waals surface area contributed by atoms with Crippen LogP contribution in [0.3, 0.4) is 0 Å². The molecule has 0 aliphatic carbocycles. The molecular weight excluding hydrogens is 551 g/mol. The van der Waals surface area contributed by atoms with E-state index in [4.69, 9.17) is 15.2 Å². The number of aryl methyl sites for hydroxylation is 2. The van der Waals surface area contributed by atoms with Crippen LogP contribution < -0.4 is 5.73 Å². The molecule has 2 N–H and O–H groups in total. The zero-order valence-corrected chi connectivity index (χ0v) is 21.3. The van der Waals surface area contributed by atoms with Crippen molar-refractivity contribution in [3.63, 3.8) is 0 Å². The van der Waals surface area contributed by atoms with Gasteiger partial charge in [-0.25, -0.2) is 14.8 Å². The normalized spacial score (nSPS) is 16.9. The van der Waals surface area contributed by atoms with E-state index in [1.54, 1.807) is 6.92 Å². The van der Waals surface area contributed by atoms with Gasteiger partial charge in [0.25, 0.3) is 0 Å². The van der Waals surface area contributed by atoms with Crippen molar-refractivity contribution in [2.75, 3.05) is 12.4 Å². The third-order valence-electron chi connectivity index (χ3n) is 5.32. The van der Waals surface area contributed by atoms with Gasteiger partial charge in [0.2, 0.25) is 0 Å². The monoisotopic (exact) mass is 572 g/mol. The van der Waals surface area contributed by atoms with Gasteiger partial charge in [0.1, 0.15) is 20.6 Å². The van der Waals surface area contributed by atoms with Gasteiger partial charge in [0, 0.05) is 5.69 Å². The Bertz CT molecular complexity index is 1290. The first kappa shape index (κ1) is 23.3. The summed E-state index contributed by atoms with van der Waals surface area (Å²) >= 11 is 3.45. The molecule has 0 spiro atoms. The Kier molecular flexibility index (Phi) is 6.76. The van der Waals surface area contributed by atoms with Crippen LogP contribution in [0.5, 0.6) is 0 Å².